The van der Waals surface area contributed by atoms with Gasteiger partial charge in [-0.1, -0.05) is 61.9 Å². The predicted molar refractivity (Wildman–Crippen MR) is 99.0 cm³/mol. The molecule has 24 heavy (non-hydrogen) atoms. The fourth-order valence-electron chi connectivity index (χ4n) is 3.25. The van der Waals surface area contributed by atoms with Gasteiger partial charge in [0.1, 0.15) is 17.5 Å². The van der Waals surface area contributed by atoms with Crippen molar-refractivity contribution in [2.24, 2.45) is 5.92 Å². The van der Waals surface area contributed by atoms with Gasteiger partial charge in [-0.15, -0.1) is 0 Å². The third-order valence-electron chi connectivity index (χ3n) is 4.66. The maximum atomic E-state index is 9.74. The Morgan fingerprint density at radius 3 is 2.58 bits per heavy atom. The third-order valence-corrected chi connectivity index (χ3v) is 5.21. The zero-order valence-electron chi connectivity index (χ0n) is 14.1. The van der Waals surface area contributed by atoms with Crippen LogP contribution in [0.1, 0.15) is 38.2 Å². The summed E-state index contributed by atoms with van der Waals surface area (Å²) in [4.78, 5) is 9.19. The fourth-order valence-corrected chi connectivity index (χ4v) is 3.62. The first-order valence-corrected chi connectivity index (χ1v) is 9.63. The van der Waals surface area contributed by atoms with Crippen LogP contribution in [0.15, 0.2) is 35.5 Å². The number of rotatable bonds is 4. The summed E-state index contributed by atoms with van der Waals surface area (Å²) in [6.07, 6.45) is 6.84. The van der Waals surface area contributed by atoms with E-state index in [1.54, 1.807) is 0 Å². The number of nitriles is 1. The van der Waals surface area contributed by atoms with Gasteiger partial charge >= 0.3 is 0 Å². The van der Waals surface area contributed by atoms with E-state index in [1.165, 1.54) is 31.0 Å². The van der Waals surface area contributed by atoms with Crippen LogP contribution in [0.25, 0.3) is 11.3 Å². The first-order valence-electron chi connectivity index (χ1n) is 8.41. The second-order valence-corrected chi connectivity index (χ2v) is 7.05. The molecule has 1 aromatic heterocycles. The minimum Gasteiger partial charge on any atom is -0.366 e. The molecule has 1 aliphatic carbocycles. The van der Waals surface area contributed by atoms with E-state index in [2.05, 4.69) is 28.3 Å². The van der Waals surface area contributed by atoms with Crippen molar-refractivity contribution in [3.63, 3.8) is 0 Å². The smallest absolute Gasteiger partial charge is 0.189 e. The Hall–Kier alpha value is -2.06. The van der Waals surface area contributed by atoms with E-state index in [1.807, 2.05) is 36.6 Å². The summed E-state index contributed by atoms with van der Waals surface area (Å²) in [6.45, 7) is 2.28. The van der Waals surface area contributed by atoms with E-state index >= 15 is 0 Å². The zero-order valence-corrected chi connectivity index (χ0v) is 14.9. The van der Waals surface area contributed by atoms with E-state index in [4.69, 9.17) is 0 Å². The highest BCUT2D eigenvalue weighted by molar-refractivity contribution is 7.98. The molecule has 124 valence electrons. The van der Waals surface area contributed by atoms with Crippen molar-refractivity contribution in [3.05, 3.63) is 35.9 Å². The van der Waals surface area contributed by atoms with Crippen molar-refractivity contribution in [2.45, 2.75) is 43.8 Å². The molecule has 0 saturated heterocycles. The quantitative estimate of drug-likeness (QED) is 0.645. The molecule has 2 atom stereocenters. The van der Waals surface area contributed by atoms with E-state index < -0.39 is 0 Å². The number of aromatic nitrogens is 2. The highest BCUT2D eigenvalue weighted by Crippen LogP contribution is 2.31. The van der Waals surface area contributed by atoms with Crippen molar-refractivity contribution in [1.82, 2.24) is 9.97 Å². The molecule has 0 radical (unpaired) electrons. The van der Waals surface area contributed by atoms with Crippen LogP contribution in [0, 0.1) is 17.2 Å². The van der Waals surface area contributed by atoms with Crippen molar-refractivity contribution in [2.75, 3.05) is 11.6 Å². The Kier molecular flexibility index (Phi) is 5.37. The van der Waals surface area contributed by atoms with Gasteiger partial charge < -0.3 is 5.32 Å². The van der Waals surface area contributed by atoms with Gasteiger partial charge in [0.25, 0.3) is 0 Å². The van der Waals surface area contributed by atoms with Gasteiger partial charge in [-0.2, -0.15) is 5.26 Å². The van der Waals surface area contributed by atoms with E-state index in [9.17, 15) is 5.26 Å². The number of thioether (sulfide) groups is 1. The van der Waals surface area contributed by atoms with Gasteiger partial charge in [-0.05, 0) is 25.0 Å². The molecule has 1 aliphatic rings. The summed E-state index contributed by atoms with van der Waals surface area (Å²) in [5.41, 5.74) is 2.20. The lowest BCUT2D eigenvalue weighted by atomic mass is 9.86. The van der Waals surface area contributed by atoms with Crippen LogP contribution in [0.2, 0.25) is 0 Å². The normalized spacial score (nSPS) is 20.4. The highest BCUT2D eigenvalue weighted by Gasteiger charge is 2.24. The summed E-state index contributed by atoms with van der Waals surface area (Å²) >= 11 is 1.50. The number of nitrogens with one attached hydrogen (secondary N) is 1. The van der Waals surface area contributed by atoms with E-state index in [0.29, 0.717) is 34.2 Å². The number of hydrogen-bond acceptors (Lipinski definition) is 5. The van der Waals surface area contributed by atoms with Gasteiger partial charge in [0.05, 0.1) is 5.69 Å². The molecule has 0 amide bonds. The van der Waals surface area contributed by atoms with Crippen LogP contribution in [0.5, 0.6) is 0 Å². The van der Waals surface area contributed by atoms with E-state index in [0.717, 1.165) is 12.0 Å². The molecule has 3 rings (SSSR count). The Morgan fingerprint density at radius 2 is 1.92 bits per heavy atom. The largest absolute Gasteiger partial charge is 0.366 e. The minimum absolute atomic E-state index is 0.374. The third kappa shape index (κ3) is 3.54. The van der Waals surface area contributed by atoms with E-state index in [-0.39, 0.29) is 0 Å². The Morgan fingerprint density at radius 1 is 1.17 bits per heavy atom. The monoisotopic (exact) mass is 338 g/mol. The van der Waals surface area contributed by atoms with Crippen molar-refractivity contribution < 1.29 is 0 Å². The number of benzene rings is 1. The molecule has 4 nitrogen and oxygen atoms in total. The SMILES string of the molecule is CSc1nc(N[C@H]2CCCC[C@H]2C)c(C#N)c(-c2ccccc2)n1. The van der Waals surface area contributed by atoms with Crippen LogP contribution in [0.3, 0.4) is 0 Å². The maximum absolute atomic E-state index is 9.74. The lowest BCUT2D eigenvalue weighted by molar-refractivity contribution is 0.349. The Bertz CT molecular complexity index is 739. The van der Waals surface area contributed by atoms with Gasteiger partial charge in [0, 0.05) is 11.6 Å². The first-order chi connectivity index (χ1) is 11.7. The standard InChI is InChI=1S/C19H22N4S/c1-13-8-6-7-11-16(13)21-18-15(12-20)17(22-19(23-18)24-2)14-9-4-3-5-10-14/h3-5,9-10,13,16H,6-8,11H2,1-2H3,(H,21,22,23)/t13-,16+/m1/s1. The Balaban J connectivity index is 2.03. The number of nitrogens with zero attached hydrogens (tertiary/aromatic N) is 3. The first kappa shape index (κ1) is 16.8. The zero-order chi connectivity index (χ0) is 16.9. The summed E-state index contributed by atoms with van der Waals surface area (Å²) < 4.78 is 0. The average molecular weight is 338 g/mol. The molecule has 1 N–H and O–H groups in total. The van der Waals surface area contributed by atoms with Crippen molar-refractivity contribution in [3.8, 4) is 17.3 Å². The van der Waals surface area contributed by atoms with Gasteiger partial charge in [0.2, 0.25) is 0 Å². The number of anilines is 1. The van der Waals surface area contributed by atoms with Crippen molar-refractivity contribution >= 4 is 17.6 Å². The summed E-state index contributed by atoms with van der Waals surface area (Å²) in [7, 11) is 0. The minimum atomic E-state index is 0.374. The molecule has 0 bridgehead atoms. The predicted octanol–water partition coefficient (Wildman–Crippen LogP) is 4.73. The molecule has 0 spiro atoms. The van der Waals surface area contributed by atoms with Gasteiger partial charge in [-0.3, -0.25) is 0 Å². The molecular formula is C19H22N4S. The summed E-state index contributed by atoms with van der Waals surface area (Å²) in [5, 5.41) is 14.0. The second-order valence-electron chi connectivity index (χ2n) is 6.27. The van der Waals surface area contributed by atoms with Crippen molar-refractivity contribution in [1.29, 1.82) is 5.26 Å². The number of hydrogen-bond donors (Lipinski definition) is 1. The second kappa shape index (κ2) is 7.67. The molecule has 0 aliphatic heterocycles. The lowest BCUT2D eigenvalue weighted by Gasteiger charge is -2.30. The van der Waals surface area contributed by atoms with Crippen LogP contribution in [0.4, 0.5) is 5.82 Å². The topological polar surface area (TPSA) is 61.6 Å². The fraction of sp³-hybridized carbons (Fsp3) is 0.421. The molecule has 1 fully saturated rings. The Labute approximate surface area is 147 Å². The van der Waals surface area contributed by atoms with Crippen LogP contribution >= 0.6 is 11.8 Å². The van der Waals surface area contributed by atoms with Crippen LogP contribution < -0.4 is 5.32 Å². The molecule has 1 saturated carbocycles. The molecule has 1 aromatic carbocycles. The molecular weight excluding hydrogens is 316 g/mol. The maximum Gasteiger partial charge on any atom is 0.189 e. The molecule has 5 heteroatoms. The van der Waals surface area contributed by atoms with Gasteiger partial charge in [0.15, 0.2) is 5.16 Å². The summed E-state index contributed by atoms with van der Waals surface area (Å²) in [5.74, 6) is 1.27. The van der Waals surface area contributed by atoms with Gasteiger partial charge in [-0.25, -0.2) is 9.97 Å². The van der Waals surface area contributed by atoms with Crippen LogP contribution in [-0.4, -0.2) is 22.3 Å². The molecule has 2 aromatic rings. The highest BCUT2D eigenvalue weighted by atomic mass is 32.2. The lowest BCUT2D eigenvalue weighted by Crippen LogP contribution is -2.31. The summed E-state index contributed by atoms with van der Waals surface area (Å²) in [6, 6.07) is 12.6. The molecule has 1 heterocycles. The average Bonchev–Trinajstić information content (AvgIpc) is 2.63. The van der Waals surface area contributed by atoms with Crippen LogP contribution in [-0.2, 0) is 0 Å². The molecule has 0 unspecified atom stereocenters.